The number of hydrogen-bond acceptors (Lipinski definition) is 3. The van der Waals surface area contributed by atoms with Crippen molar-refractivity contribution in [3.05, 3.63) is 65.2 Å². The van der Waals surface area contributed by atoms with Gasteiger partial charge in [-0.1, -0.05) is 18.2 Å². The lowest BCUT2D eigenvalue weighted by molar-refractivity contribution is 0.636. The highest BCUT2D eigenvalue weighted by Gasteiger charge is 2.14. The SMILES string of the molecule is CCNC(=NCc1cnn(-c2ccccc2)c1)NC(C)Cc1c(C)nn(C)c1C.I. The molecule has 1 unspecified atom stereocenters. The minimum Gasteiger partial charge on any atom is -0.357 e. The number of aryl methyl sites for hydroxylation is 2. The summed E-state index contributed by atoms with van der Waals surface area (Å²) >= 11 is 0. The summed E-state index contributed by atoms with van der Waals surface area (Å²) in [6.07, 6.45) is 4.79. The molecule has 0 radical (unpaired) electrons. The van der Waals surface area contributed by atoms with Gasteiger partial charge in [0.25, 0.3) is 0 Å². The molecular weight excluding hydrogens is 489 g/mol. The Hall–Kier alpha value is -2.36. The third kappa shape index (κ3) is 6.07. The van der Waals surface area contributed by atoms with Crippen LogP contribution in [0, 0.1) is 13.8 Å². The van der Waals surface area contributed by atoms with Crippen molar-refractivity contribution in [2.45, 2.75) is 46.7 Å². The van der Waals surface area contributed by atoms with E-state index < -0.39 is 0 Å². The number of guanidine groups is 1. The molecule has 30 heavy (non-hydrogen) atoms. The molecular formula is C22H32IN7. The van der Waals surface area contributed by atoms with Gasteiger partial charge in [0.1, 0.15) is 0 Å². The fourth-order valence-electron chi connectivity index (χ4n) is 3.36. The third-order valence-electron chi connectivity index (χ3n) is 4.97. The zero-order chi connectivity index (χ0) is 20.8. The molecule has 1 atom stereocenters. The topological polar surface area (TPSA) is 72.1 Å². The highest BCUT2D eigenvalue weighted by Crippen LogP contribution is 2.14. The molecule has 0 amide bonds. The van der Waals surface area contributed by atoms with Crippen LogP contribution in [0.1, 0.15) is 36.4 Å². The Morgan fingerprint density at radius 1 is 1.20 bits per heavy atom. The van der Waals surface area contributed by atoms with Gasteiger partial charge in [-0.15, -0.1) is 24.0 Å². The average molecular weight is 521 g/mol. The van der Waals surface area contributed by atoms with E-state index in [0.717, 1.165) is 35.9 Å². The van der Waals surface area contributed by atoms with E-state index in [2.05, 4.69) is 48.5 Å². The zero-order valence-corrected chi connectivity index (χ0v) is 20.7. The molecule has 0 fully saturated rings. The Morgan fingerprint density at radius 3 is 2.57 bits per heavy atom. The molecule has 1 aromatic carbocycles. The number of benzene rings is 1. The van der Waals surface area contributed by atoms with Crippen LogP contribution in [0.3, 0.4) is 0 Å². The average Bonchev–Trinajstić information content (AvgIpc) is 3.27. The minimum absolute atomic E-state index is 0. The minimum atomic E-state index is 0. The Labute approximate surface area is 196 Å². The molecule has 2 N–H and O–H groups in total. The second kappa shape index (κ2) is 11.1. The van der Waals surface area contributed by atoms with Gasteiger partial charge >= 0.3 is 0 Å². The highest BCUT2D eigenvalue weighted by molar-refractivity contribution is 14.0. The maximum Gasteiger partial charge on any atom is 0.191 e. The Balaban J connectivity index is 0.00000320. The highest BCUT2D eigenvalue weighted by atomic mass is 127. The van der Waals surface area contributed by atoms with Crippen molar-refractivity contribution in [1.29, 1.82) is 0 Å². The zero-order valence-electron chi connectivity index (χ0n) is 18.4. The van der Waals surface area contributed by atoms with E-state index >= 15 is 0 Å². The fraction of sp³-hybridized carbons (Fsp3) is 0.409. The first-order valence-electron chi connectivity index (χ1n) is 10.1. The monoisotopic (exact) mass is 521 g/mol. The largest absolute Gasteiger partial charge is 0.357 e. The van der Waals surface area contributed by atoms with Gasteiger partial charge in [0.05, 0.1) is 24.1 Å². The molecule has 0 aliphatic carbocycles. The Bertz CT molecular complexity index is 959. The summed E-state index contributed by atoms with van der Waals surface area (Å²) in [5, 5.41) is 15.8. The van der Waals surface area contributed by atoms with Crippen LogP contribution >= 0.6 is 24.0 Å². The molecule has 3 aromatic rings. The second-order valence-corrected chi connectivity index (χ2v) is 7.35. The van der Waals surface area contributed by atoms with Crippen LogP contribution in [-0.2, 0) is 20.0 Å². The van der Waals surface area contributed by atoms with Crippen molar-refractivity contribution in [3.63, 3.8) is 0 Å². The molecule has 0 spiro atoms. The molecule has 2 heterocycles. The number of halogens is 1. The molecule has 0 aliphatic heterocycles. The molecule has 0 aliphatic rings. The maximum absolute atomic E-state index is 4.74. The van der Waals surface area contributed by atoms with Crippen molar-refractivity contribution in [3.8, 4) is 5.69 Å². The van der Waals surface area contributed by atoms with E-state index in [1.165, 1.54) is 11.3 Å². The lowest BCUT2D eigenvalue weighted by Gasteiger charge is -2.18. The number of rotatable bonds is 7. The number of aromatic nitrogens is 4. The third-order valence-corrected chi connectivity index (χ3v) is 4.97. The fourth-order valence-corrected chi connectivity index (χ4v) is 3.36. The summed E-state index contributed by atoms with van der Waals surface area (Å²) in [4.78, 5) is 4.74. The van der Waals surface area contributed by atoms with Crippen LogP contribution in [0.4, 0.5) is 0 Å². The Morgan fingerprint density at radius 2 is 1.93 bits per heavy atom. The van der Waals surface area contributed by atoms with E-state index in [1.807, 2.05) is 59.1 Å². The van der Waals surface area contributed by atoms with Crippen LogP contribution in [-0.4, -0.2) is 38.1 Å². The van der Waals surface area contributed by atoms with E-state index in [-0.39, 0.29) is 30.0 Å². The lowest BCUT2D eigenvalue weighted by Crippen LogP contribution is -2.43. The summed E-state index contributed by atoms with van der Waals surface area (Å²) < 4.78 is 3.82. The van der Waals surface area contributed by atoms with Crippen LogP contribution in [0.15, 0.2) is 47.7 Å². The first-order chi connectivity index (χ1) is 14.0. The van der Waals surface area contributed by atoms with Gasteiger partial charge in [0.15, 0.2) is 5.96 Å². The molecule has 162 valence electrons. The van der Waals surface area contributed by atoms with Gasteiger partial charge in [0.2, 0.25) is 0 Å². The molecule has 3 rings (SSSR count). The van der Waals surface area contributed by atoms with Gasteiger partial charge in [-0.25, -0.2) is 9.67 Å². The van der Waals surface area contributed by atoms with Crippen LogP contribution in [0.2, 0.25) is 0 Å². The summed E-state index contributed by atoms with van der Waals surface area (Å²) in [6, 6.07) is 10.3. The molecule has 0 saturated carbocycles. The van der Waals surface area contributed by atoms with Crippen molar-refractivity contribution in [2.24, 2.45) is 12.0 Å². The van der Waals surface area contributed by atoms with E-state index in [9.17, 15) is 0 Å². The van der Waals surface area contributed by atoms with Gasteiger partial charge in [0, 0.05) is 37.1 Å². The van der Waals surface area contributed by atoms with E-state index in [4.69, 9.17) is 4.99 Å². The molecule has 8 heteroatoms. The van der Waals surface area contributed by atoms with Gasteiger partial charge in [-0.2, -0.15) is 10.2 Å². The number of aliphatic imine (C=N–C) groups is 1. The predicted molar refractivity (Wildman–Crippen MR) is 133 cm³/mol. The first-order valence-corrected chi connectivity index (χ1v) is 10.1. The second-order valence-electron chi connectivity index (χ2n) is 7.35. The van der Waals surface area contributed by atoms with Crippen molar-refractivity contribution < 1.29 is 0 Å². The summed E-state index contributed by atoms with van der Waals surface area (Å²) in [5.74, 6) is 0.812. The molecule has 0 bridgehead atoms. The summed E-state index contributed by atoms with van der Waals surface area (Å²) in [5.41, 5.74) is 5.72. The number of nitrogens with zero attached hydrogens (tertiary/aromatic N) is 5. The van der Waals surface area contributed by atoms with Gasteiger partial charge in [-0.3, -0.25) is 4.68 Å². The van der Waals surface area contributed by atoms with Gasteiger partial charge in [-0.05, 0) is 51.8 Å². The van der Waals surface area contributed by atoms with Crippen LogP contribution in [0.25, 0.3) is 5.69 Å². The quantitative estimate of drug-likeness (QED) is 0.284. The predicted octanol–water partition coefficient (Wildman–Crippen LogP) is 3.53. The number of para-hydroxylation sites is 1. The normalized spacial score (nSPS) is 12.4. The van der Waals surface area contributed by atoms with Crippen molar-refractivity contribution in [1.82, 2.24) is 30.2 Å². The smallest absolute Gasteiger partial charge is 0.191 e. The van der Waals surface area contributed by atoms with E-state index in [1.54, 1.807) is 0 Å². The Kier molecular flexibility index (Phi) is 8.88. The molecule has 2 aromatic heterocycles. The van der Waals surface area contributed by atoms with Crippen molar-refractivity contribution >= 4 is 29.9 Å². The summed E-state index contributed by atoms with van der Waals surface area (Å²) in [7, 11) is 1.99. The lowest BCUT2D eigenvalue weighted by atomic mass is 10.1. The van der Waals surface area contributed by atoms with Crippen molar-refractivity contribution in [2.75, 3.05) is 6.54 Å². The number of nitrogens with one attached hydrogen (secondary N) is 2. The standard InChI is InChI=1S/C22H31N7.HI/c1-6-23-22(26-16(2)12-21-17(3)27-28(5)18(21)4)24-13-19-14-25-29(15-19)20-10-8-7-9-11-20;/h7-11,14-16H,6,12-13H2,1-5H3,(H2,23,24,26);1H. The van der Waals surface area contributed by atoms with Crippen LogP contribution < -0.4 is 10.6 Å². The first kappa shape index (κ1) is 23.9. The van der Waals surface area contributed by atoms with Crippen LogP contribution in [0.5, 0.6) is 0 Å². The molecule has 7 nitrogen and oxygen atoms in total. The summed E-state index contributed by atoms with van der Waals surface area (Å²) in [6.45, 7) is 9.81. The van der Waals surface area contributed by atoms with E-state index in [0.29, 0.717) is 6.54 Å². The number of hydrogen-bond donors (Lipinski definition) is 2. The maximum atomic E-state index is 4.74. The molecule has 0 saturated heterocycles. The van der Waals surface area contributed by atoms with Gasteiger partial charge < -0.3 is 10.6 Å².